The zero-order chi connectivity index (χ0) is 16.6. The largest absolute Gasteiger partial charge is 0.497 e. The van der Waals surface area contributed by atoms with Gasteiger partial charge in [-0.25, -0.2) is 4.98 Å². The molecule has 5 nitrogen and oxygen atoms in total. The van der Waals surface area contributed by atoms with Gasteiger partial charge in [0.15, 0.2) is 0 Å². The van der Waals surface area contributed by atoms with Gasteiger partial charge in [-0.1, -0.05) is 30.3 Å². The van der Waals surface area contributed by atoms with Crippen LogP contribution < -0.4 is 15.4 Å². The monoisotopic (exact) mass is 320 g/mol. The standard InChI is InChI=1S/C19H20N4O/c1-24-17-9-5-6-15(14-17)10-12-20-19-21-13-11-18(23-19)22-16-7-3-2-4-8-16/h2-9,11,13-14H,10,12H2,1H3,(H2,20,21,22,23). The van der Waals surface area contributed by atoms with E-state index in [9.17, 15) is 0 Å². The van der Waals surface area contributed by atoms with Gasteiger partial charge in [0.1, 0.15) is 11.6 Å². The Bertz CT molecular complexity index is 777. The van der Waals surface area contributed by atoms with Crippen molar-refractivity contribution in [2.45, 2.75) is 6.42 Å². The summed E-state index contributed by atoms with van der Waals surface area (Å²) in [4.78, 5) is 8.73. The number of aromatic nitrogens is 2. The van der Waals surface area contributed by atoms with E-state index in [1.54, 1.807) is 13.3 Å². The molecule has 0 saturated heterocycles. The molecule has 1 aromatic heterocycles. The van der Waals surface area contributed by atoms with Crippen molar-refractivity contribution in [3.63, 3.8) is 0 Å². The van der Waals surface area contributed by atoms with Gasteiger partial charge in [-0.05, 0) is 42.3 Å². The highest BCUT2D eigenvalue weighted by Crippen LogP contribution is 2.15. The lowest BCUT2D eigenvalue weighted by Gasteiger charge is -2.09. The molecule has 0 aliphatic carbocycles. The molecule has 24 heavy (non-hydrogen) atoms. The van der Waals surface area contributed by atoms with Crippen LogP contribution in [-0.4, -0.2) is 23.6 Å². The SMILES string of the molecule is COc1cccc(CCNc2nccc(Nc3ccccc3)n2)c1. The summed E-state index contributed by atoms with van der Waals surface area (Å²) in [7, 11) is 1.68. The molecule has 0 unspecified atom stereocenters. The van der Waals surface area contributed by atoms with Crippen LogP contribution in [0.3, 0.4) is 0 Å². The molecule has 0 radical (unpaired) electrons. The molecule has 0 atom stereocenters. The summed E-state index contributed by atoms with van der Waals surface area (Å²) in [5.74, 6) is 2.25. The van der Waals surface area contributed by atoms with Crippen LogP contribution in [0.15, 0.2) is 66.9 Å². The minimum absolute atomic E-state index is 0.610. The molecule has 5 heteroatoms. The van der Waals surface area contributed by atoms with E-state index in [0.29, 0.717) is 5.95 Å². The third-order valence-corrected chi connectivity index (χ3v) is 3.53. The van der Waals surface area contributed by atoms with E-state index < -0.39 is 0 Å². The number of anilines is 3. The maximum absolute atomic E-state index is 5.24. The Hall–Kier alpha value is -3.08. The maximum atomic E-state index is 5.24. The number of para-hydroxylation sites is 1. The summed E-state index contributed by atoms with van der Waals surface area (Å²) in [6.45, 7) is 0.752. The van der Waals surface area contributed by atoms with Gasteiger partial charge in [-0.15, -0.1) is 0 Å². The Labute approximate surface area is 141 Å². The number of methoxy groups -OCH3 is 1. The number of benzene rings is 2. The van der Waals surface area contributed by atoms with Crippen LogP contribution in [0.4, 0.5) is 17.5 Å². The van der Waals surface area contributed by atoms with Crippen molar-refractivity contribution in [3.05, 3.63) is 72.4 Å². The maximum Gasteiger partial charge on any atom is 0.224 e. The van der Waals surface area contributed by atoms with E-state index in [2.05, 4.69) is 26.7 Å². The molecule has 3 rings (SSSR count). The van der Waals surface area contributed by atoms with E-state index in [-0.39, 0.29) is 0 Å². The van der Waals surface area contributed by atoms with E-state index >= 15 is 0 Å². The third kappa shape index (κ3) is 4.46. The highest BCUT2D eigenvalue weighted by molar-refractivity contribution is 5.56. The normalized spacial score (nSPS) is 10.2. The topological polar surface area (TPSA) is 59.1 Å². The molecular weight excluding hydrogens is 300 g/mol. The predicted octanol–water partition coefficient (Wildman–Crippen LogP) is 3.88. The molecule has 122 valence electrons. The number of nitrogens with zero attached hydrogens (tertiary/aromatic N) is 2. The molecule has 2 N–H and O–H groups in total. The van der Waals surface area contributed by atoms with E-state index in [0.717, 1.165) is 30.2 Å². The number of hydrogen-bond donors (Lipinski definition) is 2. The van der Waals surface area contributed by atoms with Gasteiger partial charge in [0, 0.05) is 18.4 Å². The molecule has 0 bridgehead atoms. The molecule has 2 aromatic carbocycles. The van der Waals surface area contributed by atoms with Gasteiger partial charge < -0.3 is 15.4 Å². The molecule has 3 aromatic rings. The fourth-order valence-corrected chi connectivity index (χ4v) is 2.33. The molecule has 0 aliphatic rings. The van der Waals surface area contributed by atoms with Gasteiger partial charge in [0.05, 0.1) is 7.11 Å². The van der Waals surface area contributed by atoms with Crippen LogP contribution in [0.5, 0.6) is 5.75 Å². The number of hydrogen-bond acceptors (Lipinski definition) is 5. The van der Waals surface area contributed by atoms with Crippen molar-refractivity contribution >= 4 is 17.5 Å². The Morgan fingerprint density at radius 2 is 1.88 bits per heavy atom. The molecule has 0 amide bonds. The fourth-order valence-electron chi connectivity index (χ4n) is 2.33. The van der Waals surface area contributed by atoms with E-state index in [1.807, 2.05) is 54.6 Å². The Balaban J connectivity index is 1.56. The van der Waals surface area contributed by atoms with Crippen molar-refractivity contribution in [1.29, 1.82) is 0 Å². The smallest absolute Gasteiger partial charge is 0.224 e. The van der Waals surface area contributed by atoms with Gasteiger partial charge in [0.25, 0.3) is 0 Å². The van der Waals surface area contributed by atoms with E-state index in [4.69, 9.17) is 4.74 Å². The zero-order valence-corrected chi connectivity index (χ0v) is 13.6. The van der Waals surface area contributed by atoms with Gasteiger partial charge >= 0.3 is 0 Å². The average molecular weight is 320 g/mol. The summed E-state index contributed by atoms with van der Waals surface area (Å²) >= 11 is 0. The Morgan fingerprint density at radius 1 is 1.00 bits per heavy atom. The fraction of sp³-hybridized carbons (Fsp3) is 0.158. The second-order valence-electron chi connectivity index (χ2n) is 5.28. The van der Waals surface area contributed by atoms with Crippen molar-refractivity contribution in [1.82, 2.24) is 9.97 Å². The van der Waals surface area contributed by atoms with Crippen LogP contribution in [0.1, 0.15) is 5.56 Å². The molecule has 0 aliphatic heterocycles. The molecule has 0 spiro atoms. The number of nitrogens with one attached hydrogen (secondary N) is 2. The lowest BCUT2D eigenvalue weighted by molar-refractivity contribution is 0.414. The van der Waals surface area contributed by atoms with Crippen LogP contribution in [0, 0.1) is 0 Å². The van der Waals surface area contributed by atoms with Crippen LogP contribution in [0.2, 0.25) is 0 Å². The molecule has 0 fully saturated rings. The van der Waals surface area contributed by atoms with Gasteiger partial charge in [-0.2, -0.15) is 4.98 Å². The highest BCUT2D eigenvalue weighted by atomic mass is 16.5. The summed E-state index contributed by atoms with van der Waals surface area (Å²) in [5.41, 5.74) is 2.21. The molecular formula is C19H20N4O. The summed E-state index contributed by atoms with van der Waals surface area (Å²) in [6, 6.07) is 19.8. The third-order valence-electron chi connectivity index (χ3n) is 3.53. The van der Waals surface area contributed by atoms with Crippen molar-refractivity contribution in [2.24, 2.45) is 0 Å². The quantitative estimate of drug-likeness (QED) is 0.692. The lowest BCUT2D eigenvalue weighted by atomic mass is 10.1. The van der Waals surface area contributed by atoms with Crippen molar-refractivity contribution in [3.8, 4) is 5.75 Å². The van der Waals surface area contributed by atoms with Crippen molar-refractivity contribution < 1.29 is 4.74 Å². The highest BCUT2D eigenvalue weighted by Gasteiger charge is 2.01. The minimum atomic E-state index is 0.610. The van der Waals surface area contributed by atoms with Crippen LogP contribution in [0.25, 0.3) is 0 Å². The first-order valence-electron chi connectivity index (χ1n) is 7.85. The number of rotatable bonds is 7. The second-order valence-corrected chi connectivity index (χ2v) is 5.28. The summed E-state index contributed by atoms with van der Waals surface area (Å²) in [5, 5.41) is 6.51. The first-order valence-corrected chi connectivity index (χ1v) is 7.85. The van der Waals surface area contributed by atoms with Crippen LogP contribution >= 0.6 is 0 Å². The minimum Gasteiger partial charge on any atom is -0.497 e. The summed E-state index contributed by atoms with van der Waals surface area (Å²) < 4.78 is 5.24. The van der Waals surface area contributed by atoms with Crippen LogP contribution in [-0.2, 0) is 6.42 Å². The first-order chi connectivity index (χ1) is 11.8. The zero-order valence-electron chi connectivity index (χ0n) is 13.6. The second kappa shape index (κ2) is 7.97. The number of ether oxygens (including phenoxy) is 1. The van der Waals surface area contributed by atoms with Gasteiger partial charge in [-0.3, -0.25) is 0 Å². The first kappa shape index (κ1) is 15.8. The average Bonchev–Trinajstić information content (AvgIpc) is 2.63. The lowest BCUT2D eigenvalue weighted by Crippen LogP contribution is -2.08. The molecule has 1 heterocycles. The Kier molecular flexibility index (Phi) is 5.24. The Morgan fingerprint density at radius 3 is 2.71 bits per heavy atom. The molecule has 0 saturated carbocycles. The van der Waals surface area contributed by atoms with E-state index in [1.165, 1.54) is 5.56 Å². The summed E-state index contributed by atoms with van der Waals surface area (Å²) in [6.07, 6.45) is 2.61. The van der Waals surface area contributed by atoms with Gasteiger partial charge in [0.2, 0.25) is 5.95 Å². The van der Waals surface area contributed by atoms with Crippen molar-refractivity contribution in [2.75, 3.05) is 24.3 Å². The predicted molar refractivity (Wildman–Crippen MR) is 96.9 cm³/mol.